The molecule has 126 valence electrons. The van der Waals surface area contributed by atoms with Crippen molar-refractivity contribution in [3.63, 3.8) is 0 Å². The van der Waals surface area contributed by atoms with Crippen molar-refractivity contribution in [1.82, 2.24) is 14.9 Å². The molecule has 2 aromatic rings. The number of piperazine rings is 1. The number of carbonyl (C=O) groups is 1. The fourth-order valence-electron chi connectivity index (χ4n) is 2.86. The summed E-state index contributed by atoms with van der Waals surface area (Å²) in [5.74, 6) is 1.73. The number of hydrogen-bond acceptors (Lipinski definition) is 5. The lowest BCUT2D eigenvalue weighted by Gasteiger charge is -2.34. The van der Waals surface area contributed by atoms with Crippen molar-refractivity contribution in [2.75, 3.05) is 43.0 Å². The molecule has 0 N–H and O–H groups in total. The summed E-state index contributed by atoms with van der Waals surface area (Å²) in [6.07, 6.45) is 0. The number of aromatic nitrogens is 2. The van der Waals surface area contributed by atoms with E-state index in [2.05, 4.69) is 26.9 Å². The molecule has 6 nitrogen and oxygen atoms in total. The number of hydrogen-bond donors (Lipinski definition) is 0. The topological polar surface area (TPSA) is 52.6 Å². The summed E-state index contributed by atoms with van der Waals surface area (Å²) >= 11 is 0. The molecule has 1 saturated heterocycles. The molecule has 0 atom stereocenters. The van der Waals surface area contributed by atoms with E-state index in [1.807, 2.05) is 43.1 Å². The van der Waals surface area contributed by atoms with Crippen molar-refractivity contribution in [1.29, 1.82) is 0 Å². The number of anilines is 3. The molecular formula is C18H23N5O. The first-order chi connectivity index (χ1) is 11.5. The highest BCUT2D eigenvalue weighted by Crippen LogP contribution is 2.24. The summed E-state index contributed by atoms with van der Waals surface area (Å²) < 4.78 is 0. The molecule has 1 aromatic carbocycles. The van der Waals surface area contributed by atoms with Crippen LogP contribution in [0.5, 0.6) is 0 Å². The van der Waals surface area contributed by atoms with Gasteiger partial charge in [0.25, 0.3) is 0 Å². The molecule has 1 aliphatic heterocycles. The van der Waals surface area contributed by atoms with Crippen LogP contribution >= 0.6 is 0 Å². The third-order valence-corrected chi connectivity index (χ3v) is 4.32. The van der Waals surface area contributed by atoms with Crippen molar-refractivity contribution in [3.05, 3.63) is 42.1 Å². The summed E-state index contributed by atoms with van der Waals surface area (Å²) in [7, 11) is 2.01. The molecule has 3 rings (SSSR count). The van der Waals surface area contributed by atoms with Gasteiger partial charge in [-0.25, -0.2) is 4.98 Å². The van der Waals surface area contributed by atoms with E-state index in [1.54, 1.807) is 6.92 Å². The van der Waals surface area contributed by atoms with Crippen LogP contribution in [0.4, 0.5) is 17.5 Å². The van der Waals surface area contributed by atoms with Gasteiger partial charge in [-0.2, -0.15) is 4.98 Å². The van der Waals surface area contributed by atoms with E-state index in [1.165, 1.54) is 0 Å². The van der Waals surface area contributed by atoms with Crippen molar-refractivity contribution >= 4 is 23.4 Å². The quantitative estimate of drug-likeness (QED) is 0.866. The number of nitrogens with zero attached hydrogens (tertiary/aromatic N) is 5. The second kappa shape index (κ2) is 6.86. The van der Waals surface area contributed by atoms with Crippen LogP contribution in [0.15, 0.2) is 36.4 Å². The Morgan fingerprint density at radius 3 is 2.38 bits per heavy atom. The third-order valence-electron chi connectivity index (χ3n) is 4.32. The number of carbonyl (C=O) groups excluding carboxylic acids is 1. The van der Waals surface area contributed by atoms with Crippen molar-refractivity contribution in [2.45, 2.75) is 13.8 Å². The molecule has 1 aromatic heterocycles. The highest BCUT2D eigenvalue weighted by molar-refractivity contribution is 5.73. The number of amides is 1. The summed E-state index contributed by atoms with van der Waals surface area (Å²) in [6, 6.07) is 12.1. The molecule has 0 aliphatic carbocycles. The summed E-state index contributed by atoms with van der Waals surface area (Å²) in [4.78, 5) is 26.9. The highest BCUT2D eigenvalue weighted by Gasteiger charge is 2.21. The van der Waals surface area contributed by atoms with Gasteiger partial charge >= 0.3 is 0 Å². The van der Waals surface area contributed by atoms with Gasteiger partial charge in [-0.15, -0.1) is 0 Å². The zero-order valence-electron chi connectivity index (χ0n) is 14.4. The molecule has 6 heteroatoms. The minimum absolute atomic E-state index is 0.129. The van der Waals surface area contributed by atoms with E-state index in [4.69, 9.17) is 4.98 Å². The van der Waals surface area contributed by atoms with E-state index >= 15 is 0 Å². The Kier molecular flexibility index (Phi) is 4.64. The lowest BCUT2D eigenvalue weighted by Crippen LogP contribution is -2.48. The van der Waals surface area contributed by atoms with Crippen LogP contribution in [0.3, 0.4) is 0 Å². The first-order valence-corrected chi connectivity index (χ1v) is 8.19. The van der Waals surface area contributed by atoms with E-state index in [-0.39, 0.29) is 5.91 Å². The number of benzene rings is 1. The fourth-order valence-corrected chi connectivity index (χ4v) is 2.86. The molecule has 0 spiro atoms. The van der Waals surface area contributed by atoms with E-state index in [0.29, 0.717) is 0 Å². The van der Waals surface area contributed by atoms with Gasteiger partial charge in [-0.05, 0) is 19.1 Å². The highest BCUT2D eigenvalue weighted by atomic mass is 16.2. The molecule has 24 heavy (non-hydrogen) atoms. The minimum Gasteiger partial charge on any atom is -0.339 e. The maximum Gasteiger partial charge on any atom is 0.227 e. The maximum atomic E-state index is 11.5. The average Bonchev–Trinajstić information content (AvgIpc) is 2.61. The SMILES string of the molecule is CC(=O)N1CCN(c2nc(C)cc(N(C)c3ccccc3)n2)CC1. The zero-order chi connectivity index (χ0) is 17.1. The van der Waals surface area contributed by atoms with E-state index in [0.717, 1.165) is 49.3 Å². The van der Waals surface area contributed by atoms with Crippen molar-refractivity contribution < 1.29 is 4.79 Å². The van der Waals surface area contributed by atoms with Gasteiger partial charge in [-0.3, -0.25) is 4.79 Å². The maximum absolute atomic E-state index is 11.5. The first-order valence-electron chi connectivity index (χ1n) is 8.19. The van der Waals surface area contributed by atoms with Crippen LogP contribution in [0.1, 0.15) is 12.6 Å². The van der Waals surface area contributed by atoms with Gasteiger partial charge in [0.2, 0.25) is 11.9 Å². The van der Waals surface area contributed by atoms with E-state index < -0.39 is 0 Å². The average molecular weight is 325 g/mol. The third kappa shape index (κ3) is 3.48. The largest absolute Gasteiger partial charge is 0.339 e. The molecular weight excluding hydrogens is 302 g/mol. The monoisotopic (exact) mass is 325 g/mol. The Bertz CT molecular complexity index is 711. The Morgan fingerprint density at radius 2 is 1.75 bits per heavy atom. The Morgan fingerprint density at radius 1 is 1.08 bits per heavy atom. The fraction of sp³-hybridized carbons (Fsp3) is 0.389. The van der Waals surface area contributed by atoms with Crippen LogP contribution in [0.25, 0.3) is 0 Å². The van der Waals surface area contributed by atoms with Crippen molar-refractivity contribution in [2.24, 2.45) is 0 Å². The first kappa shape index (κ1) is 16.2. The van der Waals surface area contributed by atoms with Gasteiger partial charge in [0.1, 0.15) is 5.82 Å². The van der Waals surface area contributed by atoms with Crippen molar-refractivity contribution in [3.8, 4) is 0 Å². The van der Waals surface area contributed by atoms with Gasteiger partial charge < -0.3 is 14.7 Å². The molecule has 0 unspecified atom stereocenters. The second-order valence-corrected chi connectivity index (χ2v) is 6.06. The molecule has 1 amide bonds. The standard InChI is InChI=1S/C18H23N5O/c1-14-13-17(21(3)16-7-5-4-6-8-16)20-18(19-14)23-11-9-22(10-12-23)15(2)24/h4-8,13H,9-12H2,1-3H3. The summed E-state index contributed by atoms with van der Waals surface area (Å²) in [5, 5.41) is 0. The summed E-state index contributed by atoms with van der Waals surface area (Å²) in [6.45, 7) is 6.56. The summed E-state index contributed by atoms with van der Waals surface area (Å²) in [5.41, 5.74) is 2.02. The molecule has 0 saturated carbocycles. The number of rotatable bonds is 3. The Balaban J connectivity index is 1.81. The Labute approximate surface area is 142 Å². The lowest BCUT2D eigenvalue weighted by atomic mass is 10.3. The Hall–Kier alpha value is -2.63. The van der Waals surface area contributed by atoms with Gasteiger partial charge in [0.15, 0.2) is 0 Å². The van der Waals surface area contributed by atoms with Crippen LogP contribution in [-0.2, 0) is 4.79 Å². The van der Waals surface area contributed by atoms with Crippen LogP contribution in [0.2, 0.25) is 0 Å². The molecule has 2 heterocycles. The molecule has 1 fully saturated rings. The van der Waals surface area contributed by atoms with E-state index in [9.17, 15) is 4.79 Å². The normalized spacial score (nSPS) is 14.6. The zero-order valence-corrected chi connectivity index (χ0v) is 14.4. The number of para-hydroxylation sites is 1. The van der Waals surface area contributed by atoms with Crippen LogP contribution in [-0.4, -0.2) is 54.0 Å². The minimum atomic E-state index is 0.129. The lowest BCUT2D eigenvalue weighted by molar-refractivity contribution is -0.129. The smallest absolute Gasteiger partial charge is 0.227 e. The molecule has 0 radical (unpaired) electrons. The van der Waals surface area contributed by atoms with Gasteiger partial charge in [-0.1, -0.05) is 18.2 Å². The number of aryl methyl sites for hydroxylation is 1. The van der Waals surface area contributed by atoms with Crippen LogP contribution < -0.4 is 9.80 Å². The molecule has 1 aliphatic rings. The predicted octanol–water partition coefficient (Wildman–Crippen LogP) is 2.22. The van der Waals surface area contributed by atoms with Gasteiger partial charge in [0.05, 0.1) is 0 Å². The molecule has 0 bridgehead atoms. The second-order valence-electron chi connectivity index (χ2n) is 6.06. The van der Waals surface area contributed by atoms with Gasteiger partial charge in [0, 0.05) is 57.6 Å². The van der Waals surface area contributed by atoms with Crippen LogP contribution in [0, 0.1) is 6.92 Å². The predicted molar refractivity (Wildman–Crippen MR) is 95.7 cm³/mol.